The van der Waals surface area contributed by atoms with E-state index < -0.39 is 0 Å². The molecule has 7 heteroatoms. The van der Waals surface area contributed by atoms with E-state index in [1.54, 1.807) is 6.20 Å². The average Bonchev–Trinajstić information content (AvgIpc) is 3.03. The maximum absolute atomic E-state index is 12.6. The summed E-state index contributed by atoms with van der Waals surface area (Å²) in [5.41, 5.74) is 0.610. The maximum Gasteiger partial charge on any atom is 0.273 e. The molecule has 0 aromatic carbocycles. The van der Waals surface area contributed by atoms with Crippen molar-refractivity contribution in [2.24, 2.45) is 5.41 Å². The minimum Gasteiger partial charge on any atom is -0.378 e. The fraction of sp³-hybridized carbons (Fsp3) is 0.824. The summed E-state index contributed by atoms with van der Waals surface area (Å²) in [6.45, 7) is 4.78. The molecule has 0 bridgehead atoms. The lowest BCUT2D eigenvalue weighted by Crippen LogP contribution is -2.67. The van der Waals surface area contributed by atoms with Crippen LogP contribution in [0.3, 0.4) is 0 Å². The first-order chi connectivity index (χ1) is 11.7. The molecule has 2 heterocycles. The third kappa shape index (κ3) is 2.63. The standard InChI is InChI=1S/C17H27N5O2/c1-2-24-15-10-14(17(15)6-3-7-17)19-16(23)13-11-22(21-20-13)12-4-8-18-9-5-12/h11-12,14-15,18H,2-10H2,1H3,(H,19,23). The first kappa shape index (κ1) is 16.0. The zero-order chi connectivity index (χ0) is 16.6. The van der Waals surface area contributed by atoms with Gasteiger partial charge in [-0.15, -0.1) is 5.10 Å². The van der Waals surface area contributed by atoms with Crippen LogP contribution >= 0.6 is 0 Å². The van der Waals surface area contributed by atoms with E-state index in [1.807, 2.05) is 11.6 Å². The lowest BCUT2D eigenvalue weighted by molar-refractivity contribution is -0.169. The lowest BCUT2D eigenvalue weighted by Gasteiger charge is -2.60. The predicted octanol–water partition coefficient (Wildman–Crippen LogP) is 1.28. The van der Waals surface area contributed by atoms with Crippen LogP contribution < -0.4 is 10.6 Å². The summed E-state index contributed by atoms with van der Waals surface area (Å²) >= 11 is 0. The molecule has 1 aromatic rings. The number of ether oxygens (including phenoxy) is 1. The molecule has 3 aliphatic rings. The maximum atomic E-state index is 12.6. The second-order valence-electron chi connectivity index (χ2n) is 7.36. The molecule has 2 N–H and O–H groups in total. The number of piperidine rings is 1. The number of carbonyl (C=O) groups excluding carboxylic acids is 1. The molecule has 3 fully saturated rings. The van der Waals surface area contributed by atoms with Crippen LogP contribution in [0, 0.1) is 5.41 Å². The molecule has 1 aromatic heterocycles. The van der Waals surface area contributed by atoms with Crippen molar-refractivity contribution in [2.45, 2.75) is 63.6 Å². The van der Waals surface area contributed by atoms with Gasteiger partial charge in [0, 0.05) is 18.1 Å². The number of nitrogens with zero attached hydrogens (tertiary/aromatic N) is 3. The Labute approximate surface area is 142 Å². The summed E-state index contributed by atoms with van der Waals surface area (Å²) in [5, 5.41) is 14.8. The Morgan fingerprint density at radius 2 is 2.25 bits per heavy atom. The molecule has 2 aliphatic carbocycles. The summed E-state index contributed by atoms with van der Waals surface area (Å²) in [7, 11) is 0. The predicted molar refractivity (Wildman–Crippen MR) is 88.7 cm³/mol. The van der Waals surface area contributed by atoms with Crippen LogP contribution in [0.2, 0.25) is 0 Å². The Balaban J connectivity index is 1.37. The number of hydrogen-bond acceptors (Lipinski definition) is 5. The van der Waals surface area contributed by atoms with Crippen molar-refractivity contribution in [3.05, 3.63) is 11.9 Å². The van der Waals surface area contributed by atoms with Gasteiger partial charge in [0.15, 0.2) is 5.69 Å². The second-order valence-corrected chi connectivity index (χ2v) is 7.36. The highest BCUT2D eigenvalue weighted by Crippen LogP contribution is 2.57. The zero-order valence-corrected chi connectivity index (χ0v) is 14.3. The van der Waals surface area contributed by atoms with Gasteiger partial charge in [0.05, 0.1) is 18.3 Å². The zero-order valence-electron chi connectivity index (χ0n) is 14.3. The van der Waals surface area contributed by atoms with Crippen LogP contribution in [-0.4, -0.2) is 52.7 Å². The van der Waals surface area contributed by atoms with E-state index in [9.17, 15) is 4.79 Å². The number of rotatable bonds is 5. The SMILES string of the molecule is CCOC1CC(NC(=O)c2cn(C3CCNCC3)nn2)C12CCC2. The molecule has 1 aliphatic heterocycles. The molecular formula is C17H27N5O2. The molecule has 2 saturated carbocycles. The van der Waals surface area contributed by atoms with E-state index >= 15 is 0 Å². The Morgan fingerprint density at radius 1 is 1.46 bits per heavy atom. The molecular weight excluding hydrogens is 306 g/mol. The number of amides is 1. The third-order valence-electron chi connectivity index (χ3n) is 6.17. The Kier molecular flexibility index (Phi) is 4.30. The number of nitrogens with one attached hydrogen (secondary N) is 2. The second kappa shape index (κ2) is 6.44. The van der Waals surface area contributed by atoms with E-state index in [4.69, 9.17) is 4.74 Å². The minimum absolute atomic E-state index is 0.0959. The lowest BCUT2D eigenvalue weighted by atomic mass is 9.51. The van der Waals surface area contributed by atoms with Gasteiger partial charge in [0.25, 0.3) is 5.91 Å². The quantitative estimate of drug-likeness (QED) is 0.848. The van der Waals surface area contributed by atoms with Crippen LogP contribution in [0.1, 0.15) is 62.0 Å². The van der Waals surface area contributed by atoms with Crippen molar-refractivity contribution in [1.29, 1.82) is 0 Å². The van der Waals surface area contributed by atoms with Gasteiger partial charge >= 0.3 is 0 Å². The summed E-state index contributed by atoms with van der Waals surface area (Å²) in [6.07, 6.45) is 8.65. The Morgan fingerprint density at radius 3 is 2.92 bits per heavy atom. The summed E-state index contributed by atoms with van der Waals surface area (Å²) in [5.74, 6) is -0.0959. The molecule has 2 atom stereocenters. The van der Waals surface area contributed by atoms with Crippen LogP contribution in [-0.2, 0) is 4.74 Å². The van der Waals surface area contributed by atoms with Gasteiger partial charge in [0.1, 0.15) is 0 Å². The van der Waals surface area contributed by atoms with Crippen molar-refractivity contribution >= 4 is 5.91 Å². The summed E-state index contributed by atoms with van der Waals surface area (Å²) in [4.78, 5) is 12.6. The van der Waals surface area contributed by atoms with Crippen molar-refractivity contribution in [2.75, 3.05) is 19.7 Å². The van der Waals surface area contributed by atoms with Crippen molar-refractivity contribution in [3.8, 4) is 0 Å². The average molecular weight is 333 g/mol. The highest BCUT2D eigenvalue weighted by Gasteiger charge is 2.59. The van der Waals surface area contributed by atoms with Gasteiger partial charge in [-0.25, -0.2) is 4.68 Å². The van der Waals surface area contributed by atoms with Crippen molar-refractivity contribution in [1.82, 2.24) is 25.6 Å². The van der Waals surface area contributed by atoms with Crippen molar-refractivity contribution < 1.29 is 9.53 Å². The highest BCUT2D eigenvalue weighted by molar-refractivity contribution is 5.92. The Hall–Kier alpha value is -1.47. The highest BCUT2D eigenvalue weighted by atomic mass is 16.5. The van der Waals surface area contributed by atoms with E-state index in [0.717, 1.165) is 51.8 Å². The van der Waals surface area contributed by atoms with E-state index in [0.29, 0.717) is 17.8 Å². The Bertz CT molecular complexity index is 592. The minimum atomic E-state index is -0.0959. The molecule has 1 saturated heterocycles. The molecule has 1 amide bonds. The summed E-state index contributed by atoms with van der Waals surface area (Å²) < 4.78 is 7.71. The monoisotopic (exact) mass is 333 g/mol. The van der Waals surface area contributed by atoms with Gasteiger partial charge in [-0.2, -0.15) is 0 Å². The third-order valence-corrected chi connectivity index (χ3v) is 6.17. The molecule has 132 valence electrons. The molecule has 7 nitrogen and oxygen atoms in total. The van der Waals surface area contributed by atoms with E-state index in [2.05, 4.69) is 20.9 Å². The topological polar surface area (TPSA) is 81.1 Å². The summed E-state index contributed by atoms with van der Waals surface area (Å²) in [6, 6.07) is 0.573. The normalized spacial score (nSPS) is 29.0. The van der Waals surface area contributed by atoms with E-state index in [1.165, 1.54) is 6.42 Å². The smallest absolute Gasteiger partial charge is 0.273 e. The van der Waals surface area contributed by atoms with Crippen LogP contribution in [0.5, 0.6) is 0 Å². The molecule has 24 heavy (non-hydrogen) atoms. The molecule has 0 radical (unpaired) electrons. The number of hydrogen-bond donors (Lipinski definition) is 2. The largest absolute Gasteiger partial charge is 0.378 e. The van der Waals surface area contributed by atoms with Crippen LogP contribution in [0.4, 0.5) is 0 Å². The van der Waals surface area contributed by atoms with Crippen LogP contribution in [0.15, 0.2) is 6.20 Å². The van der Waals surface area contributed by atoms with Gasteiger partial charge < -0.3 is 15.4 Å². The van der Waals surface area contributed by atoms with E-state index in [-0.39, 0.29) is 17.4 Å². The van der Waals surface area contributed by atoms with Gasteiger partial charge in [-0.3, -0.25) is 4.79 Å². The first-order valence-corrected chi connectivity index (χ1v) is 9.28. The molecule has 1 spiro atoms. The van der Waals surface area contributed by atoms with Crippen LogP contribution in [0.25, 0.3) is 0 Å². The molecule has 2 unspecified atom stereocenters. The van der Waals surface area contributed by atoms with Gasteiger partial charge in [0.2, 0.25) is 0 Å². The number of carbonyl (C=O) groups is 1. The van der Waals surface area contributed by atoms with Gasteiger partial charge in [-0.05, 0) is 52.1 Å². The molecule has 4 rings (SSSR count). The van der Waals surface area contributed by atoms with Crippen molar-refractivity contribution in [3.63, 3.8) is 0 Å². The first-order valence-electron chi connectivity index (χ1n) is 9.28. The fourth-order valence-corrected chi connectivity index (χ4v) is 4.50. The van der Waals surface area contributed by atoms with Gasteiger partial charge in [-0.1, -0.05) is 11.6 Å². The number of aromatic nitrogens is 3. The fourth-order valence-electron chi connectivity index (χ4n) is 4.50.